The van der Waals surface area contributed by atoms with E-state index in [0.717, 1.165) is 0 Å². The van der Waals surface area contributed by atoms with Crippen molar-refractivity contribution in [1.82, 2.24) is 0 Å². The van der Waals surface area contributed by atoms with E-state index in [1.54, 1.807) is 0 Å². The second-order valence-electron chi connectivity index (χ2n) is 4.90. The predicted molar refractivity (Wildman–Crippen MR) is 72.9 cm³/mol. The van der Waals surface area contributed by atoms with E-state index in [2.05, 4.69) is 38.1 Å². The van der Waals surface area contributed by atoms with E-state index in [0.29, 0.717) is 11.2 Å². The van der Waals surface area contributed by atoms with Gasteiger partial charge in [-0.3, -0.25) is 0 Å². The highest BCUT2D eigenvalue weighted by Gasteiger charge is 2.23. The number of rotatable bonds is 3. The second kappa shape index (κ2) is 5.24. The Morgan fingerprint density at radius 3 is 2.31 bits per heavy atom. The smallest absolute Gasteiger partial charge is 0.0415 e. The Hall–Kier alpha value is -0.470. The van der Waals surface area contributed by atoms with Crippen molar-refractivity contribution >= 4 is 11.8 Å². The molecule has 0 radical (unpaired) electrons. The average molecular weight is 235 g/mol. The maximum absolute atomic E-state index is 6.31. The van der Waals surface area contributed by atoms with E-state index in [4.69, 9.17) is 5.73 Å². The van der Waals surface area contributed by atoms with Crippen LogP contribution in [-0.4, -0.2) is 11.0 Å². The molecule has 0 saturated carbocycles. The Balaban J connectivity index is 2.08. The van der Waals surface area contributed by atoms with Gasteiger partial charge in [-0.1, -0.05) is 38.1 Å². The van der Waals surface area contributed by atoms with Gasteiger partial charge in [0.25, 0.3) is 0 Å². The maximum atomic E-state index is 6.31. The first-order valence-corrected chi connectivity index (χ1v) is 7.20. The molecule has 2 unspecified atom stereocenters. The van der Waals surface area contributed by atoms with Crippen LogP contribution in [0, 0.1) is 0 Å². The van der Waals surface area contributed by atoms with Gasteiger partial charge in [0.05, 0.1) is 0 Å². The van der Waals surface area contributed by atoms with Crippen LogP contribution in [-0.2, 0) is 0 Å². The maximum Gasteiger partial charge on any atom is 0.0415 e. The van der Waals surface area contributed by atoms with E-state index in [1.807, 2.05) is 11.8 Å². The van der Waals surface area contributed by atoms with Crippen LogP contribution in [0.5, 0.6) is 0 Å². The summed E-state index contributed by atoms with van der Waals surface area (Å²) < 4.78 is 0. The van der Waals surface area contributed by atoms with Crippen molar-refractivity contribution in [3.05, 3.63) is 35.4 Å². The molecule has 0 aliphatic carbocycles. The molecule has 16 heavy (non-hydrogen) atoms. The Kier molecular flexibility index (Phi) is 3.93. The summed E-state index contributed by atoms with van der Waals surface area (Å²) in [4.78, 5) is 0. The zero-order chi connectivity index (χ0) is 11.5. The Bertz CT molecular complexity index is 325. The minimum absolute atomic E-state index is 0.216. The molecule has 2 heteroatoms. The molecule has 88 valence electrons. The Morgan fingerprint density at radius 1 is 1.19 bits per heavy atom. The Morgan fingerprint density at radius 2 is 1.81 bits per heavy atom. The minimum Gasteiger partial charge on any atom is -0.323 e. The van der Waals surface area contributed by atoms with E-state index in [9.17, 15) is 0 Å². The lowest BCUT2D eigenvalue weighted by molar-refractivity contribution is 0.645. The summed E-state index contributed by atoms with van der Waals surface area (Å²) in [5, 5.41) is 0.630. The summed E-state index contributed by atoms with van der Waals surface area (Å²) in [6.07, 6.45) is 2.60. The molecule has 1 aromatic carbocycles. The molecule has 2 atom stereocenters. The summed E-state index contributed by atoms with van der Waals surface area (Å²) in [6, 6.07) is 9.07. The van der Waals surface area contributed by atoms with Gasteiger partial charge >= 0.3 is 0 Å². The third-order valence-corrected chi connectivity index (χ3v) is 4.83. The van der Waals surface area contributed by atoms with Gasteiger partial charge in [-0.25, -0.2) is 0 Å². The number of hydrogen-bond acceptors (Lipinski definition) is 2. The van der Waals surface area contributed by atoms with Crippen molar-refractivity contribution in [1.29, 1.82) is 0 Å². The lowest BCUT2D eigenvalue weighted by Gasteiger charge is -2.19. The van der Waals surface area contributed by atoms with Crippen molar-refractivity contribution in [2.75, 3.05) is 5.75 Å². The zero-order valence-corrected chi connectivity index (χ0v) is 11.0. The van der Waals surface area contributed by atoms with Crippen LogP contribution in [0.3, 0.4) is 0 Å². The van der Waals surface area contributed by atoms with Crippen LogP contribution in [0.25, 0.3) is 0 Å². The van der Waals surface area contributed by atoms with E-state index in [1.165, 1.54) is 29.7 Å². The summed E-state index contributed by atoms with van der Waals surface area (Å²) in [6.45, 7) is 4.45. The van der Waals surface area contributed by atoms with Crippen LogP contribution in [0.4, 0.5) is 0 Å². The summed E-state index contributed by atoms with van der Waals surface area (Å²) >= 11 is 2.03. The van der Waals surface area contributed by atoms with Crippen LogP contribution in [0.2, 0.25) is 0 Å². The molecule has 2 rings (SSSR count). The van der Waals surface area contributed by atoms with Crippen LogP contribution >= 0.6 is 11.8 Å². The van der Waals surface area contributed by atoms with Gasteiger partial charge in [0.1, 0.15) is 0 Å². The molecule has 0 aromatic heterocycles. The van der Waals surface area contributed by atoms with Crippen molar-refractivity contribution in [2.24, 2.45) is 5.73 Å². The molecule has 2 N–H and O–H groups in total. The fraction of sp³-hybridized carbons (Fsp3) is 0.571. The molecular weight excluding hydrogens is 214 g/mol. The first kappa shape index (κ1) is 12.0. The first-order valence-electron chi connectivity index (χ1n) is 6.15. The van der Waals surface area contributed by atoms with Gasteiger partial charge in [-0.2, -0.15) is 11.8 Å². The highest BCUT2D eigenvalue weighted by Crippen LogP contribution is 2.34. The van der Waals surface area contributed by atoms with Gasteiger partial charge in [0, 0.05) is 11.3 Å². The van der Waals surface area contributed by atoms with Crippen LogP contribution in [0.1, 0.15) is 49.8 Å². The number of nitrogens with two attached hydrogens (primary N) is 1. The quantitative estimate of drug-likeness (QED) is 0.864. The summed E-state index contributed by atoms with van der Waals surface area (Å²) in [5.74, 6) is 1.88. The predicted octanol–water partition coefficient (Wildman–Crippen LogP) is 3.71. The SMILES string of the molecule is CC(C)c1ccc(C(N)C2CCCS2)cc1. The highest BCUT2D eigenvalue weighted by atomic mass is 32.2. The first-order chi connectivity index (χ1) is 7.68. The molecule has 0 spiro atoms. The Labute approximate surface area is 103 Å². The van der Waals surface area contributed by atoms with Crippen molar-refractivity contribution < 1.29 is 0 Å². The van der Waals surface area contributed by atoms with Crippen LogP contribution in [0.15, 0.2) is 24.3 Å². The molecule has 1 aliphatic rings. The lowest BCUT2D eigenvalue weighted by Crippen LogP contribution is -2.21. The molecule has 1 fully saturated rings. The fourth-order valence-corrected chi connectivity index (χ4v) is 3.54. The normalized spacial score (nSPS) is 22.6. The van der Waals surface area contributed by atoms with Crippen molar-refractivity contribution in [3.63, 3.8) is 0 Å². The third-order valence-electron chi connectivity index (χ3n) is 3.35. The monoisotopic (exact) mass is 235 g/mol. The van der Waals surface area contributed by atoms with Gasteiger partial charge in [-0.15, -0.1) is 0 Å². The van der Waals surface area contributed by atoms with E-state index < -0.39 is 0 Å². The summed E-state index contributed by atoms with van der Waals surface area (Å²) in [7, 11) is 0. The van der Waals surface area contributed by atoms with Crippen molar-refractivity contribution in [3.8, 4) is 0 Å². The second-order valence-corrected chi connectivity index (χ2v) is 6.25. The molecule has 0 amide bonds. The molecule has 0 bridgehead atoms. The van der Waals surface area contributed by atoms with E-state index in [-0.39, 0.29) is 6.04 Å². The number of hydrogen-bond donors (Lipinski definition) is 1. The van der Waals surface area contributed by atoms with Gasteiger partial charge in [0.2, 0.25) is 0 Å². The minimum atomic E-state index is 0.216. The molecule has 1 nitrogen and oxygen atoms in total. The van der Waals surface area contributed by atoms with Gasteiger partial charge in [0.15, 0.2) is 0 Å². The standard InChI is InChI=1S/C14H21NS/c1-10(2)11-5-7-12(8-6-11)14(15)13-4-3-9-16-13/h5-8,10,13-14H,3-4,9,15H2,1-2H3. The summed E-state index contributed by atoms with van der Waals surface area (Å²) in [5.41, 5.74) is 9.00. The van der Waals surface area contributed by atoms with Crippen molar-refractivity contribution in [2.45, 2.75) is 43.9 Å². The third kappa shape index (κ3) is 2.61. The molecule has 1 heterocycles. The molecule has 1 aromatic rings. The topological polar surface area (TPSA) is 26.0 Å². The van der Waals surface area contributed by atoms with E-state index >= 15 is 0 Å². The number of benzene rings is 1. The zero-order valence-electron chi connectivity index (χ0n) is 10.1. The molecule has 1 aliphatic heterocycles. The lowest BCUT2D eigenvalue weighted by atomic mass is 9.97. The number of thioether (sulfide) groups is 1. The molecule has 1 saturated heterocycles. The largest absolute Gasteiger partial charge is 0.323 e. The van der Waals surface area contributed by atoms with Crippen LogP contribution < -0.4 is 5.73 Å². The van der Waals surface area contributed by atoms with Gasteiger partial charge in [-0.05, 0) is 35.6 Å². The average Bonchev–Trinajstić information content (AvgIpc) is 2.81. The molecular formula is C14H21NS. The highest BCUT2D eigenvalue weighted by molar-refractivity contribution is 8.00. The fourth-order valence-electron chi connectivity index (χ4n) is 2.20. The van der Waals surface area contributed by atoms with Gasteiger partial charge < -0.3 is 5.73 Å².